The van der Waals surface area contributed by atoms with Crippen molar-refractivity contribution >= 4 is 5.69 Å². The first-order chi connectivity index (χ1) is 9.51. The molecule has 0 aromatic heterocycles. The molecular formula is C13H10F2N2O3. The van der Waals surface area contributed by atoms with E-state index in [0.717, 1.165) is 11.6 Å². The Hall–Kier alpha value is -2.54. The van der Waals surface area contributed by atoms with E-state index < -0.39 is 28.0 Å². The van der Waals surface area contributed by atoms with Crippen molar-refractivity contribution in [3.8, 4) is 11.5 Å². The molecule has 0 aliphatic heterocycles. The molecule has 2 N–H and O–H groups in total. The molecule has 2 aromatic rings. The van der Waals surface area contributed by atoms with Crippen LogP contribution in [0.4, 0.5) is 14.5 Å². The lowest BCUT2D eigenvalue weighted by molar-refractivity contribution is -0.388. The maximum absolute atomic E-state index is 13.4. The van der Waals surface area contributed by atoms with Gasteiger partial charge in [-0.15, -0.1) is 0 Å². The normalized spacial score (nSPS) is 10.3. The van der Waals surface area contributed by atoms with Crippen molar-refractivity contribution in [1.82, 2.24) is 0 Å². The van der Waals surface area contributed by atoms with Gasteiger partial charge in [-0.25, -0.2) is 4.39 Å². The summed E-state index contributed by atoms with van der Waals surface area (Å²) in [6.07, 6.45) is 0. The summed E-state index contributed by atoms with van der Waals surface area (Å²) in [5.41, 5.74) is 5.27. The van der Waals surface area contributed by atoms with E-state index in [1.54, 1.807) is 12.1 Å². The lowest BCUT2D eigenvalue weighted by Gasteiger charge is -2.08. The Kier molecular flexibility index (Phi) is 3.90. The van der Waals surface area contributed by atoms with E-state index in [9.17, 15) is 18.9 Å². The number of nitro groups is 1. The largest absolute Gasteiger partial charge is 0.450 e. The van der Waals surface area contributed by atoms with Crippen molar-refractivity contribution in [2.24, 2.45) is 5.73 Å². The van der Waals surface area contributed by atoms with Gasteiger partial charge in [-0.05, 0) is 17.7 Å². The average Bonchev–Trinajstić information content (AvgIpc) is 2.37. The molecule has 5 nitrogen and oxygen atoms in total. The third-order valence-corrected chi connectivity index (χ3v) is 2.54. The van der Waals surface area contributed by atoms with Gasteiger partial charge in [0, 0.05) is 18.7 Å². The van der Waals surface area contributed by atoms with Crippen molar-refractivity contribution in [2.75, 3.05) is 0 Å². The second-order valence-electron chi connectivity index (χ2n) is 3.95. The van der Waals surface area contributed by atoms with Crippen LogP contribution in [0.25, 0.3) is 0 Å². The average molecular weight is 280 g/mol. The number of hydrogen-bond acceptors (Lipinski definition) is 4. The summed E-state index contributed by atoms with van der Waals surface area (Å²) in [7, 11) is 0. The Labute approximate surface area is 112 Å². The van der Waals surface area contributed by atoms with Crippen LogP contribution in [0.5, 0.6) is 11.5 Å². The zero-order chi connectivity index (χ0) is 14.7. The minimum absolute atomic E-state index is 0.209. The van der Waals surface area contributed by atoms with Gasteiger partial charge < -0.3 is 10.5 Å². The fourth-order valence-corrected chi connectivity index (χ4v) is 1.66. The second kappa shape index (κ2) is 5.62. The van der Waals surface area contributed by atoms with Gasteiger partial charge in [-0.3, -0.25) is 10.1 Å². The standard InChI is InChI=1S/C13H10F2N2O3/c14-9-5-11(15)13(17(18)19)12(6-9)20-10-3-1-2-8(4-10)7-16/h1-6H,7,16H2. The minimum atomic E-state index is -1.29. The van der Waals surface area contributed by atoms with Crippen LogP contribution in [0, 0.1) is 21.7 Å². The summed E-state index contributed by atoms with van der Waals surface area (Å²) in [5.74, 6) is -2.54. The molecule has 0 aliphatic rings. The number of nitrogens with zero attached hydrogens (tertiary/aromatic N) is 1. The molecule has 0 radical (unpaired) electrons. The maximum atomic E-state index is 13.4. The van der Waals surface area contributed by atoms with Gasteiger partial charge >= 0.3 is 5.69 Å². The van der Waals surface area contributed by atoms with Gasteiger partial charge in [-0.1, -0.05) is 12.1 Å². The highest BCUT2D eigenvalue weighted by atomic mass is 19.1. The van der Waals surface area contributed by atoms with E-state index in [2.05, 4.69) is 0 Å². The Morgan fingerprint density at radius 3 is 2.65 bits per heavy atom. The third kappa shape index (κ3) is 2.89. The van der Waals surface area contributed by atoms with Crippen LogP contribution in [-0.2, 0) is 6.54 Å². The Bertz CT molecular complexity index is 662. The lowest BCUT2D eigenvalue weighted by atomic mass is 10.2. The predicted molar refractivity (Wildman–Crippen MR) is 67.4 cm³/mol. The summed E-state index contributed by atoms with van der Waals surface area (Å²) >= 11 is 0. The van der Waals surface area contributed by atoms with Gasteiger partial charge in [0.05, 0.1) is 4.92 Å². The maximum Gasteiger partial charge on any atom is 0.347 e. The quantitative estimate of drug-likeness (QED) is 0.689. The molecule has 104 valence electrons. The topological polar surface area (TPSA) is 78.4 Å². The van der Waals surface area contributed by atoms with Gasteiger partial charge in [0.15, 0.2) is 0 Å². The molecule has 0 spiro atoms. The highest BCUT2D eigenvalue weighted by Crippen LogP contribution is 2.34. The molecule has 0 bridgehead atoms. The number of rotatable bonds is 4. The molecule has 0 fully saturated rings. The number of ether oxygens (including phenoxy) is 1. The fourth-order valence-electron chi connectivity index (χ4n) is 1.66. The molecule has 0 saturated heterocycles. The molecule has 0 saturated carbocycles. The highest BCUT2D eigenvalue weighted by molar-refractivity contribution is 5.50. The highest BCUT2D eigenvalue weighted by Gasteiger charge is 2.24. The molecule has 0 amide bonds. The lowest BCUT2D eigenvalue weighted by Crippen LogP contribution is -1.99. The Balaban J connectivity index is 2.44. The van der Waals surface area contributed by atoms with Crippen LogP contribution >= 0.6 is 0 Å². The summed E-state index contributed by atoms with van der Waals surface area (Å²) in [6, 6.07) is 7.59. The van der Waals surface area contributed by atoms with E-state index in [1.165, 1.54) is 12.1 Å². The van der Waals surface area contributed by atoms with Crippen molar-refractivity contribution < 1.29 is 18.4 Å². The molecule has 0 atom stereocenters. The van der Waals surface area contributed by atoms with E-state index in [0.29, 0.717) is 6.07 Å². The SMILES string of the molecule is NCc1cccc(Oc2cc(F)cc(F)c2[N+](=O)[O-])c1. The molecule has 2 aromatic carbocycles. The van der Waals surface area contributed by atoms with E-state index >= 15 is 0 Å². The molecular weight excluding hydrogens is 270 g/mol. The number of halogens is 2. The van der Waals surface area contributed by atoms with E-state index in [4.69, 9.17) is 10.5 Å². The van der Waals surface area contributed by atoms with Crippen molar-refractivity contribution in [3.05, 3.63) is 63.7 Å². The first-order valence-corrected chi connectivity index (χ1v) is 5.61. The monoisotopic (exact) mass is 280 g/mol. The van der Waals surface area contributed by atoms with Crippen molar-refractivity contribution in [2.45, 2.75) is 6.54 Å². The second-order valence-corrected chi connectivity index (χ2v) is 3.95. The first-order valence-electron chi connectivity index (χ1n) is 5.61. The zero-order valence-electron chi connectivity index (χ0n) is 10.2. The van der Waals surface area contributed by atoms with Gasteiger partial charge in [-0.2, -0.15) is 4.39 Å². The summed E-state index contributed by atoms with van der Waals surface area (Å²) in [6.45, 7) is 0.247. The summed E-state index contributed by atoms with van der Waals surface area (Å²) < 4.78 is 31.8. The van der Waals surface area contributed by atoms with E-state index in [1.807, 2.05) is 0 Å². The fraction of sp³-hybridized carbons (Fsp3) is 0.0769. The van der Waals surface area contributed by atoms with Crippen molar-refractivity contribution in [1.29, 1.82) is 0 Å². The minimum Gasteiger partial charge on any atom is -0.450 e. The number of benzene rings is 2. The predicted octanol–water partition coefficient (Wildman–Crippen LogP) is 3.12. The molecule has 0 aliphatic carbocycles. The zero-order valence-corrected chi connectivity index (χ0v) is 10.2. The van der Waals surface area contributed by atoms with Gasteiger partial charge in [0.25, 0.3) is 0 Å². The van der Waals surface area contributed by atoms with Crippen LogP contribution < -0.4 is 10.5 Å². The first kappa shape index (κ1) is 13.9. The Morgan fingerprint density at radius 2 is 2.00 bits per heavy atom. The third-order valence-electron chi connectivity index (χ3n) is 2.54. The number of nitrogens with two attached hydrogens (primary N) is 1. The van der Waals surface area contributed by atoms with Crippen LogP contribution in [-0.4, -0.2) is 4.92 Å². The Morgan fingerprint density at radius 1 is 1.25 bits per heavy atom. The van der Waals surface area contributed by atoms with Crippen LogP contribution in [0.1, 0.15) is 5.56 Å². The molecule has 2 rings (SSSR count). The van der Waals surface area contributed by atoms with Crippen molar-refractivity contribution in [3.63, 3.8) is 0 Å². The number of hydrogen-bond donors (Lipinski definition) is 1. The summed E-state index contributed by atoms with van der Waals surface area (Å²) in [5, 5.41) is 10.8. The van der Waals surface area contributed by atoms with Crippen LogP contribution in [0.15, 0.2) is 36.4 Å². The smallest absolute Gasteiger partial charge is 0.347 e. The van der Waals surface area contributed by atoms with Crippen LogP contribution in [0.2, 0.25) is 0 Å². The molecule has 0 heterocycles. The molecule has 20 heavy (non-hydrogen) atoms. The van der Waals surface area contributed by atoms with Gasteiger partial charge in [0.2, 0.25) is 11.6 Å². The van der Waals surface area contributed by atoms with E-state index in [-0.39, 0.29) is 12.3 Å². The molecule has 0 unspecified atom stereocenters. The number of nitro benzene ring substituents is 1. The summed E-state index contributed by atoms with van der Waals surface area (Å²) in [4.78, 5) is 9.85. The van der Waals surface area contributed by atoms with Crippen LogP contribution in [0.3, 0.4) is 0 Å². The molecule has 7 heteroatoms. The van der Waals surface area contributed by atoms with Gasteiger partial charge in [0.1, 0.15) is 11.6 Å².